The number of carbonyl (C=O) groups excluding carboxylic acids is 10. The molecule has 0 radical (unpaired) electrons. The van der Waals surface area contributed by atoms with Gasteiger partial charge in [-0.25, -0.2) is 4.79 Å². The number of amides is 7. The predicted molar refractivity (Wildman–Crippen MR) is 313 cm³/mol. The molecule has 4 aliphatic heterocycles. The summed E-state index contributed by atoms with van der Waals surface area (Å²) >= 11 is 0. The monoisotopic (exact) mass is 1200 g/mol. The average molecular weight is 1200 g/mol. The Morgan fingerprint density at radius 2 is 1.51 bits per heavy atom. The fourth-order valence-corrected chi connectivity index (χ4v) is 11.6. The van der Waals surface area contributed by atoms with Gasteiger partial charge in [-0.2, -0.15) is 0 Å². The highest BCUT2D eigenvalue weighted by Gasteiger charge is 2.52. The molecule has 4 fully saturated rings. The number of Topliss-reactive ketones (excluding diaryl/α,β-unsaturated/α-hetero) is 1. The average Bonchev–Trinajstić information content (AvgIpc) is 3.87. The van der Waals surface area contributed by atoms with Crippen molar-refractivity contribution in [3.8, 4) is 5.75 Å². The Balaban J connectivity index is 1.60. The Labute approximate surface area is 502 Å². The summed E-state index contributed by atoms with van der Waals surface area (Å²) in [5, 5.41) is 20.3. The van der Waals surface area contributed by atoms with E-state index in [2.05, 4.69) is 16.0 Å². The van der Waals surface area contributed by atoms with Crippen LogP contribution in [0.3, 0.4) is 0 Å². The Hall–Kier alpha value is -6.20. The first-order chi connectivity index (χ1) is 39.8. The SMILES string of the molecule is CC[C@H](C)[C@@H]1NC(=O)[C@@H](NC(=O)[C@@H](CC(C)C)N(C)C(=O)[C@@H]2CCCN2C(=O)C2(C)OCC(C(C)C)O2)[C@@H](C)OC(=O)[C@H](Cc2ccc(OC)cc2)N(C)C(=O)[C@@H]2CCCN2C(=O)[C@H](CC(C)C)NC(=O)[C@@H](C)C(=O)[C@H](C(C)C)OC(=O)C[C@@H]1O. The van der Waals surface area contributed by atoms with Crippen molar-refractivity contribution in [3.05, 3.63) is 29.8 Å². The quantitative estimate of drug-likeness (QED) is 0.136. The maximum atomic E-state index is 15.2. The number of methoxy groups -OCH3 is 1. The van der Waals surface area contributed by atoms with Crippen LogP contribution in [0.15, 0.2) is 24.3 Å². The third-order valence-electron chi connectivity index (χ3n) is 17.1. The van der Waals surface area contributed by atoms with E-state index in [1.807, 2.05) is 41.5 Å². The summed E-state index contributed by atoms with van der Waals surface area (Å²) < 4.78 is 29.4. The van der Waals surface area contributed by atoms with Crippen LogP contribution in [-0.4, -0.2) is 197 Å². The van der Waals surface area contributed by atoms with Crippen molar-refractivity contribution >= 4 is 59.1 Å². The molecule has 23 heteroatoms. The fraction of sp³-hybridized carbons (Fsp3) is 0.742. The molecule has 4 saturated heterocycles. The zero-order valence-electron chi connectivity index (χ0n) is 53.0. The lowest BCUT2D eigenvalue weighted by molar-refractivity contribution is -0.195. The van der Waals surface area contributed by atoms with E-state index in [1.54, 1.807) is 52.0 Å². The highest BCUT2D eigenvalue weighted by atomic mass is 16.7. The van der Waals surface area contributed by atoms with Gasteiger partial charge in [0, 0.05) is 33.6 Å². The molecule has 7 amide bonds. The lowest BCUT2D eigenvalue weighted by Gasteiger charge is -2.37. The number of fused-ring (bicyclic) bond motifs is 1. The van der Waals surface area contributed by atoms with Crippen molar-refractivity contribution in [2.24, 2.45) is 35.5 Å². The van der Waals surface area contributed by atoms with E-state index in [0.29, 0.717) is 30.6 Å². The predicted octanol–water partition coefficient (Wildman–Crippen LogP) is 3.72. The van der Waals surface area contributed by atoms with E-state index < -0.39 is 150 Å². The number of aliphatic hydroxyl groups is 1. The zero-order chi connectivity index (χ0) is 63.5. The molecule has 476 valence electrons. The lowest BCUT2D eigenvalue weighted by atomic mass is 9.91. The van der Waals surface area contributed by atoms with Gasteiger partial charge >= 0.3 is 11.9 Å². The minimum atomic E-state index is -1.77. The number of rotatable bonds is 16. The second-order valence-corrected chi connectivity index (χ2v) is 25.4. The van der Waals surface area contributed by atoms with E-state index in [1.165, 1.54) is 61.6 Å². The van der Waals surface area contributed by atoms with Crippen LogP contribution in [0, 0.1) is 35.5 Å². The topological polar surface area (TPSA) is 286 Å². The lowest BCUT2D eigenvalue weighted by Crippen LogP contribution is -2.62. The number of carbonyl (C=O) groups is 10. The molecule has 5 rings (SSSR count). The maximum absolute atomic E-state index is 15.2. The summed E-state index contributed by atoms with van der Waals surface area (Å²) in [7, 11) is 4.35. The normalized spacial score (nSPS) is 29.8. The number of nitrogens with zero attached hydrogens (tertiary/aromatic N) is 4. The van der Waals surface area contributed by atoms with E-state index in [9.17, 15) is 38.7 Å². The van der Waals surface area contributed by atoms with Crippen LogP contribution in [0.5, 0.6) is 5.75 Å². The molecule has 4 heterocycles. The van der Waals surface area contributed by atoms with E-state index >= 15 is 14.4 Å². The molecule has 0 spiro atoms. The number of esters is 2. The molecule has 0 bridgehead atoms. The molecule has 0 aromatic heterocycles. The molecule has 23 nitrogen and oxygen atoms in total. The van der Waals surface area contributed by atoms with Crippen LogP contribution in [0.25, 0.3) is 0 Å². The number of hydrogen-bond donors (Lipinski definition) is 4. The minimum Gasteiger partial charge on any atom is -0.497 e. The standard InChI is InChI=1S/C62H97N7O16/c1-17-37(10)50-47(70)31-49(71)84-53(36(8)9)52(72)38(11)54(73)63-42(28-33(2)3)57(76)68-26-18-20-43(68)58(77)67(15)46(30-40-22-24-41(81-16)25-23-40)60(79)83-39(12)51(56(75)64-50)65-55(74)45(29-34(4)5)66(14)59(78)44-21-19-27-69(44)61(80)62(13)82-32-48(85-62)35(6)7/h22-25,33-39,42-48,50-51,53,70H,17-21,26-32H2,1-16H3,(H,63,73)(H,64,75)(H,65,74)/t37-,38-,39+,42-,43-,44-,45+,46-,47-,48?,50-,51-,53-,62?/m0/s1. The first-order valence-electron chi connectivity index (χ1n) is 30.5. The Bertz CT molecular complexity index is 2540. The zero-order valence-corrected chi connectivity index (χ0v) is 53.0. The van der Waals surface area contributed by atoms with Gasteiger partial charge in [-0.05, 0) is 107 Å². The number of aliphatic hydroxyl groups excluding tert-OH is 1. The Morgan fingerprint density at radius 3 is 2.08 bits per heavy atom. The van der Waals surface area contributed by atoms with Crippen LogP contribution in [0.2, 0.25) is 0 Å². The minimum absolute atomic E-state index is 0.0553. The second kappa shape index (κ2) is 30.4. The maximum Gasteiger partial charge on any atom is 0.329 e. The molecular weight excluding hydrogens is 1100 g/mol. The molecule has 1 aromatic rings. The second-order valence-electron chi connectivity index (χ2n) is 25.4. The summed E-state index contributed by atoms with van der Waals surface area (Å²) in [6.07, 6.45) is -3.94. The first kappa shape index (κ1) is 69.6. The molecule has 0 saturated carbocycles. The van der Waals surface area contributed by atoms with Gasteiger partial charge in [0.2, 0.25) is 41.2 Å². The summed E-state index contributed by atoms with van der Waals surface area (Å²) in [5.74, 6) is -11.7. The van der Waals surface area contributed by atoms with Crippen molar-refractivity contribution in [3.63, 3.8) is 0 Å². The molecule has 0 aliphatic carbocycles. The van der Waals surface area contributed by atoms with Crippen molar-refractivity contribution in [1.29, 1.82) is 0 Å². The van der Waals surface area contributed by atoms with Crippen molar-refractivity contribution in [1.82, 2.24) is 35.6 Å². The van der Waals surface area contributed by atoms with Crippen LogP contribution in [-0.2, 0) is 73.3 Å². The van der Waals surface area contributed by atoms with Crippen LogP contribution >= 0.6 is 0 Å². The highest BCUT2D eigenvalue weighted by Crippen LogP contribution is 2.33. The summed E-state index contributed by atoms with van der Waals surface area (Å²) in [4.78, 5) is 151. The van der Waals surface area contributed by atoms with Crippen LogP contribution in [0.4, 0.5) is 0 Å². The number of likely N-dealkylation sites (tertiary alicyclic amines) is 1. The van der Waals surface area contributed by atoms with E-state index in [0.717, 1.165) is 0 Å². The number of ketones is 1. The number of nitrogens with one attached hydrogen (secondary N) is 3. The van der Waals surface area contributed by atoms with Crippen molar-refractivity contribution in [2.45, 2.75) is 220 Å². The third kappa shape index (κ3) is 17.3. The van der Waals surface area contributed by atoms with Gasteiger partial charge in [-0.3, -0.25) is 43.2 Å². The molecule has 2 unspecified atom stereocenters. The number of benzene rings is 1. The van der Waals surface area contributed by atoms with Gasteiger partial charge in [-0.1, -0.05) is 87.8 Å². The van der Waals surface area contributed by atoms with Crippen LogP contribution in [0.1, 0.15) is 147 Å². The molecule has 1 aromatic carbocycles. The van der Waals surface area contributed by atoms with Crippen LogP contribution < -0.4 is 20.7 Å². The van der Waals surface area contributed by atoms with Gasteiger partial charge < -0.3 is 64.3 Å². The fourth-order valence-electron chi connectivity index (χ4n) is 11.6. The largest absolute Gasteiger partial charge is 0.497 e. The molecule has 85 heavy (non-hydrogen) atoms. The van der Waals surface area contributed by atoms with Crippen molar-refractivity contribution in [2.75, 3.05) is 40.9 Å². The van der Waals surface area contributed by atoms with E-state index in [4.69, 9.17) is 23.7 Å². The van der Waals surface area contributed by atoms with Gasteiger partial charge in [-0.15, -0.1) is 0 Å². The van der Waals surface area contributed by atoms with E-state index in [-0.39, 0.29) is 75.7 Å². The summed E-state index contributed by atoms with van der Waals surface area (Å²) in [5.41, 5.74) is 0.574. The Morgan fingerprint density at radius 1 is 0.859 bits per heavy atom. The molecule has 4 aliphatic rings. The molecular formula is C62H97N7O16. The highest BCUT2D eigenvalue weighted by molar-refractivity contribution is 6.05. The summed E-state index contributed by atoms with van der Waals surface area (Å²) in [6, 6.07) is -2.18. The van der Waals surface area contributed by atoms with Crippen molar-refractivity contribution < 1.29 is 76.7 Å². The van der Waals surface area contributed by atoms with Gasteiger partial charge in [0.05, 0.1) is 44.3 Å². The molecule has 4 N–H and O–H groups in total. The third-order valence-corrected chi connectivity index (χ3v) is 17.1. The van der Waals surface area contributed by atoms with Gasteiger partial charge in [0.15, 0.2) is 11.9 Å². The molecule has 14 atom stereocenters. The summed E-state index contributed by atoms with van der Waals surface area (Å²) in [6.45, 7) is 22.9. The first-order valence-corrected chi connectivity index (χ1v) is 30.5. The number of cyclic esters (lactones) is 2. The Kier molecular flexibility index (Phi) is 24.9. The number of hydrogen-bond acceptors (Lipinski definition) is 16. The number of ether oxygens (including phenoxy) is 5. The number of likely N-dealkylation sites (N-methyl/N-ethyl adjacent to an activating group) is 2. The smallest absolute Gasteiger partial charge is 0.329 e. The van der Waals surface area contributed by atoms with Gasteiger partial charge in [0.1, 0.15) is 48.1 Å². The van der Waals surface area contributed by atoms with Gasteiger partial charge in [0.25, 0.3) is 5.91 Å².